The van der Waals surface area contributed by atoms with Crippen molar-refractivity contribution in [2.45, 2.75) is 51.8 Å². The maximum absolute atomic E-state index is 11.7. The first-order valence-electron chi connectivity index (χ1n) is 6.46. The van der Waals surface area contributed by atoms with Gasteiger partial charge in [0.2, 0.25) is 0 Å². The first-order chi connectivity index (χ1) is 8.94. The summed E-state index contributed by atoms with van der Waals surface area (Å²) in [6.07, 6.45) is 4.99. The van der Waals surface area contributed by atoms with Gasteiger partial charge < -0.3 is 10.1 Å². The van der Waals surface area contributed by atoms with Crippen molar-refractivity contribution in [1.29, 1.82) is 0 Å². The largest absolute Gasteiger partial charge is 0.444 e. The molecule has 0 unspecified atom stereocenters. The van der Waals surface area contributed by atoms with Crippen LogP contribution in [0.2, 0.25) is 0 Å². The van der Waals surface area contributed by atoms with Gasteiger partial charge in [-0.15, -0.1) is 0 Å². The molecule has 19 heavy (non-hydrogen) atoms. The molecule has 1 heterocycles. The molecule has 0 saturated heterocycles. The van der Waals surface area contributed by atoms with Crippen molar-refractivity contribution in [3.05, 3.63) is 18.2 Å². The van der Waals surface area contributed by atoms with E-state index in [0.717, 1.165) is 5.69 Å². The van der Waals surface area contributed by atoms with Crippen LogP contribution in [0.1, 0.15) is 39.3 Å². The zero-order valence-corrected chi connectivity index (χ0v) is 11.6. The molecule has 1 fully saturated rings. The second-order valence-corrected chi connectivity index (χ2v) is 5.67. The van der Waals surface area contributed by atoms with E-state index in [1.165, 1.54) is 19.2 Å². The molecule has 2 rings (SSSR count). The summed E-state index contributed by atoms with van der Waals surface area (Å²) in [4.78, 5) is 19.8. The van der Waals surface area contributed by atoms with E-state index in [-0.39, 0.29) is 0 Å². The topological polar surface area (TPSA) is 76.1 Å². The SMILES string of the molecule is CC(C)(C)OC(=O)Nc1cncnc1CNC1CC1. The molecule has 2 N–H and O–H groups in total. The predicted molar refractivity (Wildman–Crippen MR) is 71.8 cm³/mol. The molecule has 1 aromatic rings. The highest BCUT2D eigenvalue weighted by molar-refractivity contribution is 5.85. The van der Waals surface area contributed by atoms with Crippen molar-refractivity contribution in [3.8, 4) is 0 Å². The number of nitrogens with zero attached hydrogens (tertiary/aromatic N) is 2. The fraction of sp³-hybridized carbons (Fsp3) is 0.615. The Bertz CT molecular complexity index is 452. The minimum atomic E-state index is -0.522. The normalized spacial score (nSPS) is 15.1. The number of rotatable bonds is 4. The highest BCUT2D eigenvalue weighted by atomic mass is 16.6. The molecule has 104 valence electrons. The summed E-state index contributed by atoms with van der Waals surface area (Å²) in [5, 5.41) is 6.04. The van der Waals surface area contributed by atoms with Crippen molar-refractivity contribution in [1.82, 2.24) is 15.3 Å². The van der Waals surface area contributed by atoms with Crippen LogP contribution in [-0.4, -0.2) is 27.7 Å². The lowest BCUT2D eigenvalue weighted by molar-refractivity contribution is 0.0635. The Morgan fingerprint density at radius 2 is 2.21 bits per heavy atom. The Morgan fingerprint density at radius 1 is 1.47 bits per heavy atom. The summed E-state index contributed by atoms with van der Waals surface area (Å²) in [5.74, 6) is 0. The second kappa shape index (κ2) is 5.52. The van der Waals surface area contributed by atoms with Crippen LogP contribution in [0.25, 0.3) is 0 Å². The Balaban J connectivity index is 1.96. The number of hydrogen-bond donors (Lipinski definition) is 2. The molecule has 6 heteroatoms. The number of anilines is 1. The lowest BCUT2D eigenvalue weighted by Crippen LogP contribution is -2.28. The van der Waals surface area contributed by atoms with Crippen molar-refractivity contribution < 1.29 is 9.53 Å². The van der Waals surface area contributed by atoms with Gasteiger partial charge in [-0.2, -0.15) is 0 Å². The fourth-order valence-electron chi connectivity index (χ4n) is 1.54. The van der Waals surface area contributed by atoms with Crippen LogP contribution in [0.5, 0.6) is 0 Å². The monoisotopic (exact) mass is 264 g/mol. The number of ether oxygens (including phenoxy) is 1. The lowest BCUT2D eigenvalue weighted by atomic mass is 10.2. The number of nitrogens with one attached hydrogen (secondary N) is 2. The molecule has 1 aliphatic carbocycles. The van der Waals surface area contributed by atoms with Crippen molar-refractivity contribution in [2.24, 2.45) is 0 Å². The molecule has 1 aromatic heterocycles. The smallest absolute Gasteiger partial charge is 0.412 e. The molecule has 0 bridgehead atoms. The standard InChI is InChI=1S/C13H20N4O2/c1-13(2,3)19-12(18)17-11-6-14-8-16-10(11)7-15-9-4-5-9/h6,8-9,15H,4-5,7H2,1-3H3,(H,17,18). The molecule has 1 amide bonds. The van der Waals surface area contributed by atoms with Gasteiger partial charge in [-0.05, 0) is 33.6 Å². The third kappa shape index (κ3) is 4.82. The number of carbonyl (C=O) groups excluding carboxylic acids is 1. The zero-order chi connectivity index (χ0) is 13.9. The van der Waals surface area contributed by atoms with Gasteiger partial charge >= 0.3 is 6.09 Å². The van der Waals surface area contributed by atoms with Crippen LogP contribution in [0.15, 0.2) is 12.5 Å². The minimum Gasteiger partial charge on any atom is -0.444 e. The van der Waals surface area contributed by atoms with Crippen LogP contribution in [-0.2, 0) is 11.3 Å². The highest BCUT2D eigenvalue weighted by Crippen LogP contribution is 2.20. The molecule has 0 aliphatic heterocycles. The van der Waals surface area contributed by atoms with E-state index in [1.807, 2.05) is 20.8 Å². The number of amides is 1. The quantitative estimate of drug-likeness (QED) is 0.870. The Labute approximate surface area is 113 Å². The fourth-order valence-corrected chi connectivity index (χ4v) is 1.54. The molecule has 0 atom stereocenters. The van der Waals surface area contributed by atoms with E-state index in [2.05, 4.69) is 20.6 Å². The van der Waals surface area contributed by atoms with Gasteiger partial charge in [0.05, 0.1) is 17.6 Å². The summed E-state index contributed by atoms with van der Waals surface area (Å²) < 4.78 is 5.21. The number of hydrogen-bond acceptors (Lipinski definition) is 5. The molecule has 0 spiro atoms. The Hall–Kier alpha value is -1.69. The second-order valence-electron chi connectivity index (χ2n) is 5.67. The number of carbonyl (C=O) groups is 1. The van der Waals surface area contributed by atoms with Crippen LogP contribution in [0.3, 0.4) is 0 Å². The highest BCUT2D eigenvalue weighted by Gasteiger charge is 2.21. The van der Waals surface area contributed by atoms with E-state index >= 15 is 0 Å². The molecule has 1 saturated carbocycles. The van der Waals surface area contributed by atoms with E-state index in [4.69, 9.17) is 4.74 Å². The molecule has 0 radical (unpaired) electrons. The number of aromatic nitrogens is 2. The first-order valence-corrected chi connectivity index (χ1v) is 6.46. The van der Waals surface area contributed by atoms with Crippen LogP contribution in [0.4, 0.5) is 10.5 Å². The van der Waals surface area contributed by atoms with E-state index in [0.29, 0.717) is 18.3 Å². The molecule has 0 aromatic carbocycles. The lowest BCUT2D eigenvalue weighted by Gasteiger charge is -2.20. The van der Waals surface area contributed by atoms with E-state index in [1.54, 1.807) is 6.20 Å². The van der Waals surface area contributed by atoms with E-state index in [9.17, 15) is 4.79 Å². The van der Waals surface area contributed by atoms with Crippen molar-refractivity contribution in [3.63, 3.8) is 0 Å². The minimum absolute atomic E-state index is 0.491. The van der Waals surface area contributed by atoms with Gasteiger partial charge in [0.25, 0.3) is 0 Å². The van der Waals surface area contributed by atoms with Crippen molar-refractivity contribution >= 4 is 11.8 Å². The summed E-state index contributed by atoms with van der Waals surface area (Å²) in [6, 6.07) is 0.587. The summed E-state index contributed by atoms with van der Waals surface area (Å²) >= 11 is 0. The summed E-state index contributed by atoms with van der Waals surface area (Å²) in [5.41, 5.74) is 0.837. The van der Waals surface area contributed by atoms with Gasteiger partial charge in [-0.25, -0.2) is 14.8 Å². The predicted octanol–water partition coefficient (Wildman–Crippen LogP) is 2.08. The van der Waals surface area contributed by atoms with Gasteiger partial charge in [0.1, 0.15) is 11.9 Å². The summed E-state index contributed by atoms with van der Waals surface area (Å²) in [6.45, 7) is 6.09. The zero-order valence-electron chi connectivity index (χ0n) is 11.6. The molecular weight excluding hydrogens is 244 g/mol. The summed E-state index contributed by atoms with van der Waals surface area (Å²) in [7, 11) is 0. The average Bonchev–Trinajstić information content (AvgIpc) is 3.09. The van der Waals surface area contributed by atoms with Crippen LogP contribution < -0.4 is 10.6 Å². The van der Waals surface area contributed by atoms with Gasteiger partial charge in [0.15, 0.2) is 0 Å². The Kier molecular flexibility index (Phi) is 3.99. The first kappa shape index (κ1) is 13.7. The van der Waals surface area contributed by atoms with Crippen LogP contribution >= 0.6 is 0 Å². The van der Waals surface area contributed by atoms with Gasteiger partial charge in [-0.3, -0.25) is 5.32 Å². The maximum Gasteiger partial charge on any atom is 0.412 e. The average molecular weight is 264 g/mol. The van der Waals surface area contributed by atoms with Gasteiger partial charge in [-0.1, -0.05) is 0 Å². The van der Waals surface area contributed by atoms with Gasteiger partial charge in [0, 0.05) is 12.6 Å². The van der Waals surface area contributed by atoms with E-state index < -0.39 is 11.7 Å². The Morgan fingerprint density at radius 3 is 2.84 bits per heavy atom. The molecule has 6 nitrogen and oxygen atoms in total. The third-order valence-electron chi connectivity index (χ3n) is 2.57. The molecule has 1 aliphatic rings. The maximum atomic E-state index is 11.7. The van der Waals surface area contributed by atoms with Crippen molar-refractivity contribution in [2.75, 3.05) is 5.32 Å². The van der Waals surface area contributed by atoms with Crippen LogP contribution in [0, 0.1) is 0 Å². The molecular formula is C13H20N4O2. The third-order valence-corrected chi connectivity index (χ3v) is 2.57.